The molecule has 240 valence electrons. The van der Waals surface area contributed by atoms with Crippen molar-refractivity contribution in [2.75, 3.05) is 6.54 Å². The molecule has 0 aliphatic carbocycles. The van der Waals surface area contributed by atoms with Crippen LogP contribution < -0.4 is 27.4 Å². The van der Waals surface area contributed by atoms with Gasteiger partial charge in [-0.1, -0.05) is 44.2 Å². The van der Waals surface area contributed by atoms with Crippen molar-refractivity contribution in [2.45, 2.75) is 97.1 Å². The molecular weight excluding hydrogens is 560 g/mol. The maximum Gasteiger partial charge on any atom is 0.408 e. The number of aliphatic imine (C=N–C) groups is 1. The van der Waals surface area contributed by atoms with Gasteiger partial charge in [-0.3, -0.25) is 19.4 Å². The van der Waals surface area contributed by atoms with Crippen molar-refractivity contribution in [2.24, 2.45) is 22.4 Å². The van der Waals surface area contributed by atoms with Gasteiger partial charge in [0.15, 0.2) is 5.96 Å². The van der Waals surface area contributed by atoms with Gasteiger partial charge in [-0.2, -0.15) is 0 Å². The Morgan fingerprint density at radius 3 is 2.07 bits per heavy atom. The summed E-state index contributed by atoms with van der Waals surface area (Å²) >= 11 is 0. The summed E-state index contributed by atoms with van der Waals surface area (Å²) in [6.07, 6.45) is -0.844. The van der Waals surface area contributed by atoms with Gasteiger partial charge in [-0.25, -0.2) is 9.59 Å². The van der Waals surface area contributed by atoms with Crippen molar-refractivity contribution < 1.29 is 38.6 Å². The van der Waals surface area contributed by atoms with Crippen LogP contribution in [0.5, 0.6) is 0 Å². The highest BCUT2D eigenvalue weighted by Crippen LogP contribution is 2.12. The van der Waals surface area contributed by atoms with Gasteiger partial charge < -0.3 is 42.0 Å². The zero-order chi connectivity index (χ0) is 32.6. The van der Waals surface area contributed by atoms with E-state index in [9.17, 15) is 29.1 Å². The first-order chi connectivity index (χ1) is 20.1. The van der Waals surface area contributed by atoms with Crippen molar-refractivity contribution in [3.8, 4) is 0 Å². The Labute approximate surface area is 252 Å². The second-order valence-electron chi connectivity index (χ2n) is 11.4. The second-order valence-corrected chi connectivity index (χ2v) is 11.4. The molecule has 14 heteroatoms. The molecule has 0 saturated carbocycles. The molecule has 1 aromatic rings. The number of alkyl carbamates (subject to hydrolysis) is 1. The molecule has 3 atom stereocenters. The Hall–Kier alpha value is -4.36. The van der Waals surface area contributed by atoms with Crippen LogP contribution in [0.1, 0.15) is 72.3 Å². The third-order valence-corrected chi connectivity index (χ3v) is 5.76. The van der Waals surface area contributed by atoms with Gasteiger partial charge >= 0.3 is 18.0 Å². The smallest absolute Gasteiger partial charge is 0.408 e. The average Bonchev–Trinajstić information content (AvgIpc) is 2.89. The van der Waals surface area contributed by atoms with Gasteiger partial charge in [0.25, 0.3) is 0 Å². The van der Waals surface area contributed by atoms with Crippen LogP contribution in [-0.2, 0) is 35.3 Å². The molecule has 8 N–H and O–H groups in total. The first-order valence-corrected chi connectivity index (χ1v) is 14.1. The molecule has 0 radical (unpaired) electrons. The molecule has 14 nitrogen and oxygen atoms in total. The minimum Gasteiger partial charge on any atom is -0.481 e. The lowest BCUT2D eigenvalue weighted by atomic mass is 10.0. The van der Waals surface area contributed by atoms with E-state index in [4.69, 9.17) is 20.9 Å². The van der Waals surface area contributed by atoms with Crippen LogP contribution in [0.25, 0.3) is 0 Å². The largest absolute Gasteiger partial charge is 0.481 e. The Morgan fingerprint density at radius 1 is 0.907 bits per heavy atom. The minimum absolute atomic E-state index is 0.000358. The summed E-state index contributed by atoms with van der Waals surface area (Å²) in [6, 6.07) is 5.35. The number of carbonyl (C=O) groups excluding carboxylic acids is 4. The summed E-state index contributed by atoms with van der Waals surface area (Å²) in [7, 11) is 0. The number of carboxylic acid groups (broad SMARTS) is 1. The van der Waals surface area contributed by atoms with Crippen LogP contribution in [0.2, 0.25) is 0 Å². The summed E-state index contributed by atoms with van der Waals surface area (Å²) in [5, 5.41) is 16.9. The molecular formula is C29H46N6O8. The van der Waals surface area contributed by atoms with Crippen molar-refractivity contribution in [3.63, 3.8) is 0 Å². The standard InChI is InChI=1S/C29H46N6O8/c1-18(2)16-22(35-28(41)43-29(3,4)5)25(39)33-20(12-9-15-32-27(30)31)24(38)34-21(13-14-23(36)37)26(40)42-17-19-10-7-6-8-11-19/h6-8,10-11,18,20-22H,9,12-17H2,1-5H3,(H,33,39)(H,34,38)(H,35,41)(H,36,37)(H4,30,31,32)/t20-,21-,22-/m0/s1. The van der Waals surface area contributed by atoms with E-state index in [2.05, 4.69) is 20.9 Å². The number of guanidine groups is 1. The molecule has 0 aliphatic heterocycles. The molecule has 43 heavy (non-hydrogen) atoms. The highest BCUT2D eigenvalue weighted by molar-refractivity contribution is 5.93. The number of rotatable bonds is 17. The molecule has 1 aromatic carbocycles. The second kappa shape index (κ2) is 18.2. The van der Waals surface area contributed by atoms with Gasteiger partial charge in [0.05, 0.1) is 0 Å². The lowest BCUT2D eigenvalue weighted by molar-refractivity contribution is -0.150. The topological polar surface area (TPSA) is 225 Å². The monoisotopic (exact) mass is 606 g/mol. The van der Waals surface area contributed by atoms with Gasteiger partial charge in [-0.15, -0.1) is 0 Å². The lowest BCUT2D eigenvalue weighted by Gasteiger charge is -2.27. The predicted octanol–water partition coefficient (Wildman–Crippen LogP) is 1.56. The number of carbonyl (C=O) groups is 5. The summed E-state index contributed by atoms with van der Waals surface area (Å²) in [5.41, 5.74) is 10.7. The van der Waals surface area contributed by atoms with E-state index in [1.807, 2.05) is 13.8 Å². The van der Waals surface area contributed by atoms with Crippen LogP contribution in [-0.4, -0.2) is 71.2 Å². The highest BCUT2D eigenvalue weighted by atomic mass is 16.6. The Morgan fingerprint density at radius 2 is 1.51 bits per heavy atom. The zero-order valence-corrected chi connectivity index (χ0v) is 25.6. The van der Waals surface area contributed by atoms with Gasteiger partial charge in [0.2, 0.25) is 11.8 Å². The van der Waals surface area contributed by atoms with Crippen LogP contribution in [0.3, 0.4) is 0 Å². The predicted molar refractivity (Wildman–Crippen MR) is 159 cm³/mol. The number of nitrogens with zero attached hydrogens (tertiary/aromatic N) is 1. The number of carboxylic acids is 1. The van der Waals surface area contributed by atoms with Gasteiger partial charge in [0.1, 0.15) is 30.3 Å². The number of aliphatic carboxylic acids is 1. The molecule has 0 fully saturated rings. The first kappa shape index (κ1) is 36.7. The van der Waals surface area contributed by atoms with Crippen molar-refractivity contribution in [3.05, 3.63) is 35.9 Å². The highest BCUT2D eigenvalue weighted by Gasteiger charge is 2.31. The van der Waals surface area contributed by atoms with Crippen LogP contribution in [0.4, 0.5) is 4.79 Å². The van der Waals surface area contributed by atoms with Crippen molar-refractivity contribution in [1.29, 1.82) is 0 Å². The van der Waals surface area contributed by atoms with E-state index < -0.39 is 60.0 Å². The quantitative estimate of drug-likeness (QED) is 0.0649. The fourth-order valence-electron chi connectivity index (χ4n) is 3.82. The number of ether oxygens (including phenoxy) is 2. The fraction of sp³-hybridized carbons (Fsp3) is 0.586. The van der Waals surface area contributed by atoms with Crippen molar-refractivity contribution >= 4 is 35.8 Å². The maximum absolute atomic E-state index is 13.4. The molecule has 0 aliphatic rings. The number of hydrogen-bond acceptors (Lipinski definition) is 8. The Bertz CT molecular complexity index is 1100. The molecule has 0 unspecified atom stereocenters. The molecule has 0 heterocycles. The van der Waals surface area contributed by atoms with Crippen LogP contribution >= 0.6 is 0 Å². The number of hydrogen-bond donors (Lipinski definition) is 6. The number of esters is 1. The van der Waals surface area contributed by atoms with E-state index in [0.717, 1.165) is 0 Å². The normalized spacial score (nSPS) is 13.2. The van der Waals surface area contributed by atoms with Gasteiger partial charge in [-0.05, 0) is 57.9 Å². The van der Waals surface area contributed by atoms with E-state index in [1.54, 1.807) is 51.1 Å². The number of nitrogens with two attached hydrogens (primary N) is 2. The SMILES string of the molecule is CC(C)C[C@H](NC(=O)OC(C)(C)C)C(=O)N[C@@H](CCCN=C(N)N)C(=O)N[C@@H](CCC(=O)O)C(=O)OCc1ccccc1. The van der Waals surface area contributed by atoms with Crippen molar-refractivity contribution in [1.82, 2.24) is 16.0 Å². The number of nitrogens with one attached hydrogen (secondary N) is 3. The molecule has 0 aromatic heterocycles. The molecule has 0 spiro atoms. The maximum atomic E-state index is 13.4. The summed E-state index contributed by atoms with van der Waals surface area (Å²) in [4.78, 5) is 67.2. The molecule has 3 amide bonds. The average molecular weight is 607 g/mol. The van der Waals surface area contributed by atoms with Crippen LogP contribution in [0.15, 0.2) is 35.3 Å². The molecule has 0 bridgehead atoms. The third-order valence-electron chi connectivity index (χ3n) is 5.76. The first-order valence-electron chi connectivity index (χ1n) is 14.1. The minimum atomic E-state index is -1.30. The number of benzene rings is 1. The van der Waals surface area contributed by atoms with E-state index in [1.165, 1.54) is 0 Å². The summed E-state index contributed by atoms with van der Waals surface area (Å²) in [5.74, 6) is -3.52. The Kier molecular flexibility index (Phi) is 15.5. The zero-order valence-electron chi connectivity index (χ0n) is 25.6. The lowest BCUT2D eigenvalue weighted by Crippen LogP contribution is -2.56. The third kappa shape index (κ3) is 16.6. The summed E-state index contributed by atoms with van der Waals surface area (Å²) < 4.78 is 10.6. The van der Waals surface area contributed by atoms with Crippen LogP contribution in [0, 0.1) is 5.92 Å². The number of amides is 3. The fourth-order valence-corrected chi connectivity index (χ4v) is 3.82. The van der Waals surface area contributed by atoms with E-state index in [-0.39, 0.29) is 50.7 Å². The van der Waals surface area contributed by atoms with E-state index >= 15 is 0 Å². The van der Waals surface area contributed by atoms with Gasteiger partial charge in [0, 0.05) is 13.0 Å². The summed E-state index contributed by atoms with van der Waals surface area (Å²) in [6.45, 7) is 8.88. The van der Waals surface area contributed by atoms with E-state index in [0.29, 0.717) is 5.56 Å². The molecule has 0 saturated heterocycles. The molecule has 1 rings (SSSR count). The Balaban J connectivity index is 3.12.